The summed E-state index contributed by atoms with van der Waals surface area (Å²) in [6.45, 7) is 0. The van der Waals surface area contributed by atoms with Crippen LogP contribution in [0.1, 0.15) is 30.5 Å². The van der Waals surface area contributed by atoms with E-state index in [1.54, 1.807) is 4.57 Å². The molecule has 0 spiro atoms. The number of nitrogens with zero attached hydrogens (tertiary/aromatic N) is 2. The van der Waals surface area contributed by atoms with Gasteiger partial charge in [0, 0.05) is 55.5 Å². The summed E-state index contributed by atoms with van der Waals surface area (Å²) in [6.07, 6.45) is 5.09. The zero-order chi connectivity index (χ0) is 29.2. The van der Waals surface area contributed by atoms with Crippen LogP contribution in [0, 0.1) is 0 Å². The molecule has 2 aliphatic rings. The smallest absolute Gasteiger partial charge is 0.315 e. The second kappa shape index (κ2) is 10.3. The van der Waals surface area contributed by atoms with Gasteiger partial charge >= 0.3 is 6.03 Å². The Hall–Kier alpha value is -4.02. The van der Waals surface area contributed by atoms with Gasteiger partial charge in [0.05, 0.1) is 28.6 Å². The number of carbonyl (C=O) groups is 2. The maximum absolute atomic E-state index is 13.6. The normalized spacial score (nSPS) is 19.8. The van der Waals surface area contributed by atoms with Gasteiger partial charge in [-0.1, -0.05) is 52.7 Å². The minimum atomic E-state index is -0.0626. The van der Waals surface area contributed by atoms with Crippen molar-refractivity contribution in [3.63, 3.8) is 0 Å². The highest BCUT2D eigenvalue weighted by Crippen LogP contribution is 2.39. The van der Waals surface area contributed by atoms with Crippen LogP contribution in [-0.2, 0) is 0 Å². The molecule has 2 amide bonds. The summed E-state index contributed by atoms with van der Waals surface area (Å²) in [7, 11) is 0. The summed E-state index contributed by atoms with van der Waals surface area (Å²) in [6, 6.07) is 20.7. The molecule has 4 heterocycles. The SMILES string of the molecule is Nc1ccc2c3ccccc3c3[nH]c(-c4cn(C(=O)CCCCC5SCC6NC(=O)NC65)c5ccc(Br)cc45)nc3c2c1. The summed E-state index contributed by atoms with van der Waals surface area (Å²) < 4.78 is 2.71. The van der Waals surface area contributed by atoms with E-state index in [0.717, 1.165) is 78.5 Å². The first kappa shape index (κ1) is 26.6. The lowest BCUT2D eigenvalue weighted by Crippen LogP contribution is -2.36. The van der Waals surface area contributed by atoms with Crippen molar-refractivity contribution >= 4 is 88.8 Å². The van der Waals surface area contributed by atoms with E-state index in [9.17, 15) is 9.59 Å². The van der Waals surface area contributed by atoms with E-state index in [4.69, 9.17) is 10.7 Å². The van der Waals surface area contributed by atoms with Gasteiger partial charge in [-0.25, -0.2) is 9.78 Å². The van der Waals surface area contributed by atoms with Crippen LogP contribution in [0.2, 0.25) is 0 Å². The van der Waals surface area contributed by atoms with Crippen LogP contribution in [0.5, 0.6) is 0 Å². The molecule has 6 aromatic rings. The Bertz CT molecular complexity index is 2100. The number of nitrogens with one attached hydrogen (secondary N) is 3. The lowest BCUT2D eigenvalue weighted by Gasteiger charge is -2.16. The monoisotopic (exact) mass is 652 g/mol. The molecule has 10 heteroatoms. The fourth-order valence-corrected chi connectivity index (χ4v) is 8.71. The Morgan fingerprint density at radius 1 is 1.00 bits per heavy atom. The molecular weight excluding hydrogens is 624 g/mol. The van der Waals surface area contributed by atoms with Gasteiger partial charge in [0.15, 0.2) is 0 Å². The minimum absolute atomic E-state index is 0.0612. The first-order valence-electron chi connectivity index (χ1n) is 14.6. The number of halogens is 1. The molecule has 8 nitrogen and oxygen atoms in total. The second-order valence-electron chi connectivity index (χ2n) is 11.5. The van der Waals surface area contributed by atoms with Gasteiger partial charge in [-0.15, -0.1) is 0 Å². The molecule has 43 heavy (non-hydrogen) atoms. The number of hydrogen-bond donors (Lipinski definition) is 4. The van der Waals surface area contributed by atoms with Gasteiger partial charge in [-0.3, -0.25) is 9.36 Å². The third kappa shape index (κ3) is 4.46. The van der Waals surface area contributed by atoms with E-state index in [0.29, 0.717) is 23.2 Å². The van der Waals surface area contributed by atoms with Gasteiger partial charge in [-0.05, 0) is 53.9 Å². The van der Waals surface area contributed by atoms with Crippen molar-refractivity contribution in [2.45, 2.75) is 43.0 Å². The van der Waals surface area contributed by atoms with Crippen molar-refractivity contribution < 1.29 is 9.59 Å². The van der Waals surface area contributed by atoms with Crippen LogP contribution < -0.4 is 16.4 Å². The molecule has 5 N–H and O–H groups in total. The quantitative estimate of drug-likeness (QED) is 0.0657. The summed E-state index contributed by atoms with van der Waals surface area (Å²) in [5, 5.41) is 11.7. The number of hydrogen-bond acceptors (Lipinski definition) is 5. The van der Waals surface area contributed by atoms with Crippen molar-refractivity contribution in [1.29, 1.82) is 0 Å². The average Bonchev–Trinajstić information content (AvgIpc) is 3.77. The number of urea groups is 1. The van der Waals surface area contributed by atoms with E-state index in [1.807, 2.05) is 60.4 Å². The highest BCUT2D eigenvalue weighted by atomic mass is 79.9. The standard InChI is InChI=1S/C33H29BrN6O2S/c34-17-9-12-26-22(13-17)24(15-40(26)28(41)8-4-3-7-27-31-25(16-43-27)36-33(42)39-31)32-37-29-21-6-2-1-5-19(21)20-11-10-18(35)14-23(20)30(29)38-32/h1-2,5-6,9-15,25,27,31H,3-4,7-8,16,35H2,(H,37,38)(H2,36,39,42). The fourth-order valence-electron chi connectivity index (χ4n) is 6.80. The highest BCUT2D eigenvalue weighted by molar-refractivity contribution is 9.10. The van der Waals surface area contributed by atoms with Crippen molar-refractivity contribution in [2.24, 2.45) is 0 Å². The van der Waals surface area contributed by atoms with Gasteiger partial charge in [0.1, 0.15) is 5.82 Å². The Balaban J connectivity index is 1.12. The lowest BCUT2D eigenvalue weighted by atomic mass is 9.99. The number of amides is 2. The van der Waals surface area contributed by atoms with Gasteiger partial charge in [0.2, 0.25) is 5.91 Å². The summed E-state index contributed by atoms with van der Waals surface area (Å²) in [5.41, 5.74) is 10.4. The van der Waals surface area contributed by atoms with Crippen molar-refractivity contribution in [2.75, 3.05) is 11.5 Å². The lowest BCUT2D eigenvalue weighted by molar-refractivity contribution is 0.0904. The molecule has 0 bridgehead atoms. The number of carbonyl (C=O) groups excluding carboxylic acids is 2. The summed E-state index contributed by atoms with van der Waals surface area (Å²) in [5.74, 6) is 1.72. The van der Waals surface area contributed by atoms with Crippen LogP contribution in [-0.4, -0.2) is 49.6 Å². The molecule has 3 unspecified atom stereocenters. The number of unbranched alkanes of at least 4 members (excludes halogenated alkanes) is 1. The Morgan fingerprint density at radius 2 is 1.84 bits per heavy atom. The summed E-state index contributed by atoms with van der Waals surface area (Å²) >= 11 is 5.54. The number of H-pyrrole nitrogens is 1. The Morgan fingerprint density at radius 3 is 2.72 bits per heavy atom. The molecule has 2 saturated heterocycles. The van der Waals surface area contributed by atoms with Crippen LogP contribution in [0.25, 0.3) is 54.9 Å². The third-order valence-corrected chi connectivity index (χ3v) is 10.8. The first-order chi connectivity index (χ1) is 20.9. The predicted octanol–water partition coefficient (Wildman–Crippen LogP) is 7.20. The van der Waals surface area contributed by atoms with Gasteiger partial charge in [0.25, 0.3) is 0 Å². The number of rotatable bonds is 6. The maximum Gasteiger partial charge on any atom is 0.315 e. The second-order valence-corrected chi connectivity index (χ2v) is 13.7. The number of fused-ring (bicyclic) bond motifs is 8. The van der Waals surface area contributed by atoms with Crippen molar-refractivity contribution in [3.8, 4) is 11.4 Å². The van der Waals surface area contributed by atoms with Crippen LogP contribution in [0.3, 0.4) is 0 Å². The number of nitrogen functional groups attached to an aromatic ring is 1. The maximum atomic E-state index is 13.6. The number of aromatic nitrogens is 3. The number of aromatic amines is 1. The molecular formula is C33H29BrN6O2S. The van der Waals surface area contributed by atoms with Crippen LogP contribution in [0.15, 0.2) is 71.3 Å². The molecule has 8 rings (SSSR count). The minimum Gasteiger partial charge on any atom is -0.399 e. The van der Waals surface area contributed by atoms with E-state index >= 15 is 0 Å². The van der Waals surface area contributed by atoms with E-state index < -0.39 is 0 Å². The fraction of sp³-hybridized carbons (Fsp3) is 0.242. The molecule has 0 radical (unpaired) electrons. The Labute approximate surface area is 259 Å². The molecule has 4 aromatic carbocycles. The highest BCUT2D eigenvalue weighted by Gasteiger charge is 2.42. The number of thioether (sulfide) groups is 1. The van der Waals surface area contributed by atoms with Crippen molar-refractivity contribution in [3.05, 3.63) is 71.3 Å². The first-order valence-corrected chi connectivity index (χ1v) is 16.4. The molecule has 2 aromatic heterocycles. The van der Waals surface area contributed by atoms with E-state index in [-0.39, 0.29) is 24.0 Å². The number of imidazole rings is 1. The molecule has 3 atom stereocenters. The third-order valence-electron chi connectivity index (χ3n) is 8.85. The molecule has 216 valence electrons. The van der Waals surface area contributed by atoms with Crippen molar-refractivity contribution in [1.82, 2.24) is 25.2 Å². The topological polar surface area (TPSA) is 118 Å². The largest absolute Gasteiger partial charge is 0.399 e. The molecule has 2 fully saturated rings. The molecule has 0 aliphatic carbocycles. The molecule has 0 saturated carbocycles. The van der Waals surface area contributed by atoms with E-state index in [1.165, 1.54) is 0 Å². The summed E-state index contributed by atoms with van der Waals surface area (Å²) in [4.78, 5) is 34.0. The number of benzene rings is 4. The van der Waals surface area contributed by atoms with Crippen LogP contribution >= 0.6 is 27.7 Å². The number of anilines is 1. The van der Waals surface area contributed by atoms with Gasteiger partial charge in [-0.2, -0.15) is 11.8 Å². The molecule has 2 aliphatic heterocycles. The average molecular weight is 654 g/mol. The zero-order valence-electron chi connectivity index (χ0n) is 23.2. The van der Waals surface area contributed by atoms with Crippen LogP contribution in [0.4, 0.5) is 10.5 Å². The zero-order valence-corrected chi connectivity index (χ0v) is 25.6. The van der Waals surface area contributed by atoms with Gasteiger partial charge < -0.3 is 21.4 Å². The number of nitrogens with two attached hydrogens (primary N) is 1. The predicted molar refractivity (Wildman–Crippen MR) is 179 cm³/mol. The van der Waals surface area contributed by atoms with E-state index in [2.05, 4.69) is 49.7 Å². The Kier molecular flexibility index (Phi) is 6.38.